The molecule has 0 heterocycles. The van der Waals surface area contributed by atoms with E-state index in [4.69, 9.17) is 1.37 Å². The van der Waals surface area contributed by atoms with Crippen LogP contribution >= 0.6 is 0 Å². The Hall–Kier alpha value is -3.32. The molecule has 0 spiro atoms. The van der Waals surface area contributed by atoms with Crippen molar-refractivity contribution in [1.82, 2.24) is 0 Å². The Balaban J connectivity index is 1.42. The van der Waals surface area contributed by atoms with Gasteiger partial charge in [-0.25, -0.2) is 0 Å². The molecule has 1 fully saturated rings. The summed E-state index contributed by atoms with van der Waals surface area (Å²) in [4.78, 5) is 0. The molecule has 0 saturated heterocycles. The van der Waals surface area contributed by atoms with Crippen LogP contribution < -0.4 is 5.32 Å². The molecular formula is C30H27N. The number of rotatable bonds is 4. The Morgan fingerprint density at radius 2 is 1.42 bits per heavy atom. The molecule has 4 aromatic rings. The normalized spacial score (nSPS) is 17.4. The largest absolute Gasteiger partial charge is 0.355 e. The standard InChI is InChI=1S/C30H27N/c1-30(2)27-11-7-6-10-24(27)26-18-25(22-12-13-22)29(19-28(26)30)31-23-16-14-21(15-17-23)20-8-4-3-5-9-20/h3-11,14-19,22,31H,12-13H2,1-2H3/i22D. The zero-order valence-electron chi connectivity index (χ0n) is 19.1. The average Bonchev–Trinajstić information content (AvgIpc) is 3.53. The molecule has 31 heavy (non-hydrogen) atoms. The van der Waals surface area contributed by atoms with E-state index in [2.05, 4.69) is 104 Å². The quantitative estimate of drug-likeness (QED) is 0.362. The topological polar surface area (TPSA) is 12.0 Å². The summed E-state index contributed by atoms with van der Waals surface area (Å²) in [7, 11) is 0. The zero-order valence-corrected chi connectivity index (χ0v) is 18.1. The summed E-state index contributed by atoms with van der Waals surface area (Å²) >= 11 is 0. The average molecular weight is 403 g/mol. The van der Waals surface area contributed by atoms with Gasteiger partial charge < -0.3 is 5.32 Å². The van der Waals surface area contributed by atoms with Gasteiger partial charge in [0.05, 0.1) is 0 Å². The van der Waals surface area contributed by atoms with Crippen molar-refractivity contribution in [2.45, 2.75) is 38.0 Å². The van der Waals surface area contributed by atoms with E-state index in [9.17, 15) is 0 Å². The molecule has 152 valence electrons. The van der Waals surface area contributed by atoms with Crippen LogP contribution in [0.2, 0.25) is 0 Å². The highest BCUT2D eigenvalue weighted by molar-refractivity contribution is 5.85. The van der Waals surface area contributed by atoms with Crippen molar-refractivity contribution in [1.29, 1.82) is 0 Å². The molecule has 1 heteroatoms. The van der Waals surface area contributed by atoms with Crippen LogP contribution in [0.15, 0.2) is 91.0 Å². The van der Waals surface area contributed by atoms with Gasteiger partial charge >= 0.3 is 0 Å². The minimum absolute atomic E-state index is 0.0448. The Bertz CT molecular complexity index is 1320. The first-order valence-electron chi connectivity index (χ1n) is 11.7. The van der Waals surface area contributed by atoms with Crippen LogP contribution in [0.3, 0.4) is 0 Å². The highest BCUT2D eigenvalue weighted by Gasteiger charge is 2.37. The lowest BCUT2D eigenvalue weighted by Gasteiger charge is -2.23. The van der Waals surface area contributed by atoms with Gasteiger partial charge in [0.2, 0.25) is 0 Å². The van der Waals surface area contributed by atoms with E-state index in [1.54, 1.807) is 0 Å². The van der Waals surface area contributed by atoms with Gasteiger partial charge in [0.1, 0.15) is 0 Å². The molecular weight excluding hydrogens is 374 g/mol. The van der Waals surface area contributed by atoms with Gasteiger partial charge in [-0.3, -0.25) is 0 Å². The zero-order chi connectivity index (χ0) is 21.9. The molecule has 2 aliphatic carbocycles. The maximum Gasteiger partial charge on any atom is 0.0423 e. The molecule has 2 aliphatic rings. The van der Waals surface area contributed by atoms with Crippen LogP contribution in [0.25, 0.3) is 22.3 Å². The lowest BCUT2D eigenvalue weighted by Crippen LogP contribution is -2.15. The summed E-state index contributed by atoms with van der Waals surface area (Å²) < 4.78 is 8.94. The third-order valence-electron chi connectivity index (χ3n) is 6.87. The van der Waals surface area contributed by atoms with Crippen molar-refractivity contribution in [3.63, 3.8) is 0 Å². The van der Waals surface area contributed by atoms with Crippen molar-refractivity contribution < 1.29 is 1.37 Å². The first-order chi connectivity index (χ1) is 15.5. The third kappa shape index (κ3) is 3.08. The second kappa shape index (κ2) is 6.85. The highest BCUT2D eigenvalue weighted by atomic mass is 14.9. The Kier molecular flexibility index (Phi) is 3.84. The van der Waals surface area contributed by atoms with E-state index in [0.717, 1.165) is 29.8 Å². The second-order valence-electron chi connectivity index (χ2n) is 9.29. The fraction of sp³-hybridized carbons (Fsp3) is 0.200. The van der Waals surface area contributed by atoms with Gasteiger partial charge in [0, 0.05) is 18.2 Å². The Morgan fingerprint density at radius 1 is 0.742 bits per heavy atom. The van der Waals surface area contributed by atoms with Gasteiger partial charge in [-0.1, -0.05) is 80.6 Å². The molecule has 1 saturated carbocycles. The van der Waals surface area contributed by atoms with Crippen LogP contribution in [0.4, 0.5) is 11.4 Å². The first-order valence-corrected chi connectivity index (χ1v) is 11.2. The predicted octanol–water partition coefficient (Wildman–Crippen LogP) is 8.28. The van der Waals surface area contributed by atoms with Crippen LogP contribution in [0.5, 0.6) is 0 Å². The summed E-state index contributed by atoms with van der Waals surface area (Å²) in [5, 5.41) is 3.67. The molecule has 0 bridgehead atoms. The number of hydrogen-bond acceptors (Lipinski definition) is 1. The van der Waals surface area contributed by atoms with Gasteiger partial charge in [-0.05, 0) is 81.9 Å². The Labute approximate surface area is 186 Å². The summed E-state index contributed by atoms with van der Waals surface area (Å²) in [6.45, 7) is 4.62. The second-order valence-corrected chi connectivity index (χ2v) is 9.29. The summed E-state index contributed by atoms with van der Waals surface area (Å²) in [5.41, 5.74) is 11.0. The number of fused-ring (bicyclic) bond motifs is 3. The van der Waals surface area contributed by atoms with Crippen LogP contribution in [-0.2, 0) is 5.41 Å². The van der Waals surface area contributed by atoms with Crippen molar-refractivity contribution in [2.75, 3.05) is 5.32 Å². The number of nitrogens with one attached hydrogen (secondary N) is 1. The number of anilines is 2. The summed E-state index contributed by atoms with van der Waals surface area (Å²) in [6.07, 6.45) is 1.86. The minimum Gasteiger partial charge on any atom is -0.355 e. The lowest BCUT2D eigenvalue weighted by atomic mass is 9.82. The molecule has 0 aliphatic heterocycles. The predicted molar refractivity (Wildman–Crippen MR) is 131 cm³/mol. The van der Waals surface area contributed by atoms with Gasteiger partial charge in [0.15, 0.2) is 0 Å². The molecule has 0 radical (unpaired) electrons. The van der Waals surface area contributed by atoms with Crippen molar-refractivity contribution >= 4 is 11.4 Å². The fourth-order valence-corrected chi connectivity index (χ4v) is 5.01. The smallest absolute Gasteiger partial charge is 0.0423 e. The van der Waals surface area contributed by atoms with E-state index < -0.39 is 5.89 Å². The molecule has 0 amide bonds. The van der Waals surface area contributed by atoms with Gasteiger partial charge in [-0.2, -0.15) is 0 Å². The SMILES string of the molecule is [2H]C1(c2cc3c(cc2Nc2ccc(-c4ccccc4)cc2)C(C)(C)c2ccccc2-3)CC1. The summed E-state index contributed by atoms with van der Waals surface area (Å²) in [5.74, 6) is -0.469. The highest BCUT2D eigenvalue weighted by Crippen LogP contribution is 2.53. The minimum atomic E-state index is -0.469. The molecule has 1 nitrogen and oxygen atoms in total. The van der Waals surface area contributed by atoms with Crippen LogP contribution in [0.1, 0.15) is 50.6 Å². The maximum absolute atomic E-state index is 8.94. The van der Waals surface area contributed by atoms with Crippen LogP contribution in [-0.4, -0.2) is 0 Å². The van der Waals surface area contributed by atoms with E-state index in [-0.39, 0.29) is 5.41 Å². The third-order valence-corrected chi connectivity index (χ3v) is 6.87. The number of hydrogen-bond donors (Lipinski definition) is 1. The monoisotopic (exact) mass is 402 g/mol. The van der Waals surface area contributed by atoms with Crippen molar-refractivity contribution in [3.05, 3.63) is 108 Å². The number of benzene rings is 4. The lowest BCUT2D eigenvalue weighted by molar-refractivity contribution is 0.660. The fourth-order valence-electron chi connectivity index (χ4n) is 5.01. The molecule has 1 N–H and O–H groups in total. The van der Waals surface area contributed by atoms with Gasteiger partial charge in [0.25, 0.3) is 0 Å². The van der Waals surface area contributed by atoms with Crippen molar-refractivity contribution in [2.24, 2.45) is 0 Å². The molecule has 0 unspecified atom stereocenters. The summed E-state index contributed by atoms with van der Waals surface area (Å²) in [6, 6.07) is 32.4. The van der Waals surface area contributed by atoms with E-state index in [1.165, 1.54) is 33.4 Å². The molecule has 4 aromatic carbocycles. The molecule has 6 rings (SSSR count). The van der Waals surface area contributed by atoms with E-state index >= 15 is 0 Å². The van der Waals surface area contributed by atoms with Crippen LogP contribution in [0, 0.1) is 0 Å². The van der Waals surface area contributed by atoms with Crippen molar-refractivity contribution in [3.8, 4) is 22.3 Å². The molecule has 0 atom stereocenters. The van der Waals surface area contributed by atoms with E-state index in [1.807, 2.05) is 6.07 Å². The molecule has 0 aromatic heterocycles. The van der Waals surface area contributed by atoms with Gasteiger partial charge in [-0.15, -0.1) is 0 Å². The van der Waals surface area contributed by atoms with E-state index in [0.29, 0.717) is 0 Å². The maximum atomic E-state index is 8.94. The Morgan fingerprint density at radius 3 is 2.16 bits per heavy atom. The first kappa shape index (κ1) is 17.4.